The van der Waals surface area contributed by atoms with Crippen LogP contribution in [0.4, 0.5) is 0 Å². The first-order chi connectivity index (χ1) is 12.1. The third-order valence-electron chi connectivity index (χ3n) is 4.61. The lowest BCUT2D eigenvalue weighted by atomic mass is 10.2. The van der Waals surface area contributed by atoms with Crippen molar-refractivity contribution < 1.29 is 14.1 Å². The summed E-state index contributed by atoms with van der Waals surface area (Å²) in [7, 11) is 0. The number of hydrogen-bond donors (Lipinski definition) is 0. The van der Waals surface area contributed by atoms with Crippen molar-refractivity contribution >= 4 is 5.91 Å². The fourth-order valence-corrected chi connectivity index (χ4v) is 3.08. The van der Waals surface area contributed by atoms with Gasteiger partial charge in [0.05, 0.1) is 5.69 Å². The number of hydrogen-bond acceptors (Lipinski definition) is 5. The lowest BCUT2D eigenvalue weighted by Gasteiger charge is -2.22. The summed E-state index contributed by atoms with van der Waals surface area (Å²) >= 11 is 0. The molecule has 1 amide bonds. The van der Waals surface area contributed by atoms with Crippen LogP contribution in [0.15, 0.2) is 34.9 Å². The average Bonchev–Trinajstić information content (AvgIpc) is 2.82. The Morgan fingerprint density at radius 1 is 1.16 bits per heavy atom. The van der Waals surface area contributed by atoms with E-state index < -0.39 is 0 Å². The maximum absolute atomic E-state index is 12.4. The van der Waals surface area contributed by atoms with Crippen LogP contribution in [-0.4, -0.2) is 53.6 Å². The Labute approximate surface area is 148 Å². The number of para-hydroxylation sites is 1. The number of aromatic nitrogens is 1. The SMILES string of the molecule is Cc1noc(C)c1CN1CCCN(C(=O)COc2ccccc2)CC1. The van der Waals surface area contributed by atoms with Crippen molar-refractivity contribution in [2.75, 3.05) is 32.8 Å². The highest BCUT2D eigenvalue weighted by atomic mass is 16.5. The van der Waals surface area contributed by atoms with Crippen LogP contribution in [0.25, 0.3) is 0 Å². The van der Waals surface area contributed by atoms with Crippen LogP contribution in [0.2, 0.25) is 0 Å². The molecule has 3 rings (SSSR count). The molecule has 1 aromatic heterocycles. The molecule has 0 bridgehead atoms. The van der Waals surface area contributed by atoms with E-state index >= 15 is 0 Å². The van der Waals surface area contributed by atoms with Crippen molar-refractivity contribution in [3.05, 3.63) is 47.3 Å². The number of carbonyl (C=O) groups is 1. The molecule has 1 aromatic carbocycles. The van der Waals surface area contributed by atoms with Gasteiger partial charge in [-0.3, -0.25) is 9.69 Å². The number of rotatable bonds is 5. The molecule has 2 aromatic rings. The van der Waals surface area contributed by atoms with Crippen LogP contribution in [0, 0.1) is 13.8 Å². The second-order valence-corrected chi connectivity index (χ2v) is 6.41. The quantitative estimate of drug-likeness (QED) is 0.834. The number of benzene rings is 1. The summed E-state index contributed by atoms with van der Waals surface area (Å²) in [5.74, 6) is 1.65. The first kappa shape index (κ1) is 17.5. The molecule has 0 radical (unpaired) electrons. The molecule has 0 saturated carbocycles. The lowest BCUT2D eigenvalue weighted by Crippen LogP contribution is -2.38. The fourth-order valence-electron chi connectivity index (χ4n) is 3.08. The maximum atomic E-state index is 12.4. The van der Waals surface area contributed by atoms with Gasteiger partial charge in [0.1, 0.15) is 11.5 Å². The third-order valence-corrected chi connectivity index (χ3v) is 4.61. The predicted octanol–water partition coefficient (Wildman–Crippen LogP) is 2.40. The van der Waals surface area contributed by atoms with Crippen LogP contribution in [0.3, 0.4) is 0 Å². The number of carbonyl (C=O) groups excluding carboxylic acids is 1. The highest BCUT2D eigenvalue weighted by Gasteiger charge is 2.21. The first-order valence-electron chi connectivity index (χ1n) is 8.73. The minimum Gasteiger partial charge on any atom is -0.484 e. The van der Waals surface area contributed by atoms with Crippen molar-refractivity contribution in [3.8, 4) is 5.75 Å². The van der Waals surface area contributed by atoms with Gasteiger partial charge in [-0.05, 0) is 32.4 Å². The van der Waals surface area contributed by atoms with Crippen LogP contribution in [0.5, 0.6) is 5.75 Å². The summed E-state index contributed by atoms with van der Waals surface area (Å²) in [4.78, 5) is 16.7. The third kappa shape index (κ3) is 4.60. The van der Waals surface area contributed by atoms with Crippen molar-refractivity contribution in [2.24, 2.45) is 0 Å². The summed E-state index contributed by atoms with van der Waals surface area (Å²) in [5, 5.41) is 4.02. The molecule has 0 atom stereocenters. The zero-order chi connectivity index (χ0) is 17.6. The zero-order valence-electron chi connectivity index (χ0n) is 14.9. The Balaban J connectivity index is 1.50. The van der Waals surface area contributed by atoms with E-state index in [0.29, 0.717) is 0 Å². The smallest absolute Gasteiger partial charge is 0.260 e. The minimum atomic E-state index is 0.0445. The van der Waals surface area contributed by atoms with E-state index in [-0.39, 0.29) is 12.5 Å². The Kier molecular flexibility index (Phi) is 5.71. The van der Waals surface area contributed by atoms with Crippen LogP contribution in [0.1, 0.15) is 23.4 Å². The molecular formula is C19H25N3O3. The molecule has 25 heavy (non-hydrogen) atoms. The van der Waals surface area contributed by atoms with Crippen molar-refractivity contribution in [3.63, 3.8) is 0 Å². The fraction of sp³-hybridized carbons (Fsp3) is 0.474. The molecule has 134 valence electrons. The highest BCUT2D eigenvalue weighted by Crippen LogP contribution is 2.16. The Morgan fingerprint density at radius 2 is 1.96 bits per heavy atom. The van der Waals surface area contributed by atoms with Crippen molar-refractivity contribution in [1.29, 1.82) is 0 Å². The van der Waals surface area contributed by atoms with E-state index in [0.717, 1.165) is 61.9 Å². The first-order valence-corrected chi connectivity index (χ1v) is 8.73. The standard InChI is InChI=1S/C19H25N3O3/c1-15-18(16(2)25-20-15)13-21-9-6-10-22(12-11-21)19(23)14-24-17-7-4-3-5-8-17/h3-5,7-8H,6,9-14H2,1-2H3. The summed E-state index contributed by atoms with van der Waals surface area (Å²) in [5.41, 5.74) is 2.11. The maximum Gasteiger partial charge on any atom is 0.260 e. The van der Waals surface area contributed by atoms with Crippen molar-refractivity contribution in [2.45, 2.75) is 26.8 Å². The Bertz CT molecular complexity index is 680. The van der Waals surface area contributed by atoms with E-state index in [1.54, 1.807) is 0 Å². The summed E-state index contributed by atoms with van der Waals surface area (Å²) < 4.78 is 10.8. The minimum absolute atomic E-state index is 0.0445. The van der Waals surface area contributed by atoms with Crippen LogP contribution >= 0.6 is 0 Å². The largest absolute Gasteiger partial charge is 0.484 e. The molecule has 0 spiro atoms. The van der Waals surface area contributed by atoms with E-state index in [1.807, 2.05) is 49.1 Å². The lowest BCUT2D eigenvalue weighted by molar-refractivity contribution is -0.133. The molecule has 1 saturated heterocycles. The van der Waals surface area contributed by atoms with Gasteiger partial charge in [0.15, 0.2) is 6.61 Å². The van der Waals surface area contributed by atoms with E-state index in [2.05, 4.69) is 10.1 Å². The second kappa shape index (κ2) is 8.16. The van der Waals surface area contributed by atoms with Gasteiger partial charge >= 0.3 is 0 Å². The van der Waals surface area contributed by atoms with Gasteiger partial charge in [0.2, 0.25) is 0 Å². The second-order valence-electron chi connectivity index (χ2n) is 6.41. The van der Waals surface area contributed by atoms with Crippen LogP contribution < -0.4 is 4.74 Å². The van der Waals surface area contributed by atoms with Gasteiger partial charge in [-0.25, -0.2) is 0 Å². The molecular weight excluding hydrogens is 318 g/mol. The molecule has 6 heteroatoms. The number of amides is 1. The molecule has 0 unspecified atom stereocenters. The zero-order valence-corrected chi connectivity index (χ0v) is 14.9. The van der Waals surface area contributed by atoms with E-state index in [1.165, 1.54) is 0 Å². The monoisotopic (exact) mass is 343 g/mol. The molecule has 1 aliphatic rings. The van der Waals surface area contributed by atoms with Gasteiger partial charge < -0.3 is 14.2 Å². The number of aryl methyl sites for hydroxylation is 2. The van der Waals surface area contributed by atoms with E-state index in [9.17, 15) is 4.79 Å². The van der Waals surface area contributed by atoms with Gasteiger partial charge in [-0.2, -0.15) is 0 Å². The molecule has 1 aliphatic heterocycles. The Hall–Kier alpha value is -2.34. The summed E-state index contributed by atoms with van der Waals surface area (Å²) in [6.45, 7) is 8.14. The molecule has 6 nitrogen and oxygen atoms in total. The number of nitrogens with zero attached hydrogens (tertiary/aromatic N) is 3. The highest BCUT2D eigenvalue weighted by molar-refractivity contribution is 5.77. The number of ether oxygens (including phenoxy) is 1. The normalized spacial score (nSPS) is 15.8. The molecule has 1 fully saturated rings. The van der Waals surface area contributed by atoms with Gasteiger partial charge in [-0.1, -0.05) is 23.4 Å². The van der Waals surface area contributed by atoms with E-state index in [4.69, 9.17) is 9.26 Å². The van der Waals surface area contributed by atoms with Gasteiger partial charge in [-0.15, -0.1) is 0 Å². The van der Waals surface area contributed by atoms with Gasteiger partial charge in [0.25, 0.3) is 5.91 Å². The molecule has 0 N–H and O–H groups in total. The van der Waals surface area contributed by atoms with Crippen molar-refractivity contribution in [1.82, 2.24) is 15.0 Å². The summed E-state index contributed by atoms with van der Waals surface area (Å²) in [6, 6.07) is 9.45. The molecule has 0 aliphatic carbocycles. The average molecular weight is 343 g/mol. The topological polar surface area (TPSA) is 58.8 Å². The Morgan fingerprint density at radius 3 is 2.68 bits per heavy atom. The molecule has 2 heterocycles. The van der Waals surface area contributed by atoms with Gasteiger partial charge in [0, 0.05) is 38.3 Å². The van der Waals surface area contributed by atoms with Crippen LogP contribution in [-0.2, 0) is 11.3 Å². The summed E-state index contributed by atoms with van der Waals surface area (Å²) in [6.07, 6.45) is 0.959. The predicted molar refractivity (Wildman–Crippen MR) is 94.4 cm³/mol.